The van der Waals surface area contributed by atoms with Gasteiger partial charge in [-0.1, -0.05) is 31.0 Å². The van der Waals surface area contributed by atoms with Crippen molar-refractivity contribution < 1.29 is 9.63 Å². The van der Waals surface area contributed by atoms with E-state index in [1.807, 2.05) is 31.2 Å². The Morgan fingerprint density at radius 3 is 2.84 bits per heavy atom. The van der Waals surface area contributed by atoms with E-state index in [2.05, 4.69) is 10.5 Å². The first-order chi connectivity index (χ1) is 9.25. The summed E-state index contributed by atoms with van der Waals surface area (Å²) in [4.78, 5) is 20.9. The maximum Gasteiger partial charge on any atom is 0.277 e. The van der Waals surface area contributed by atoms with Gasteiger partial charge in [0, 0.05) is 16.6 Å². The molecule has 19 heavy (non-hydrogen) atoms. The van der Waals surface area contributed by atoms with Crippen LogP contribution in [-0.4, -0.2) is 17.0 Å². The molecule has 4 heteroatoms. The van der Waals surface area contributed by atoms with E-state index in [9.17, 15) is 4.79 Å². The first kappa shape index (κ1) is 12.2. The lowest BCUT2D eigenvalue weighted by atomic mass is 10.1. The van der Waals surface area contributed by atoms with Crippen LogP contribution in [0.1, 0.15) is 41.7 Å². The first-order valence-corrected chi connectivity index (χ1v) is 6.79. The number of fused-ring (bicyclic) bond motifs is 1. The van der Waals surface area contributed by atoms with Gasteiger partial charge in [0.05, 0.1) is 11.7 Å². The van der Waals surface area contributed by atoms with Crippen molar-refractivity contribution >= 4 is 16.8 Å². The number of carbonyl (C=O) groups excluding carboxylic acids is 1. The van der Waals surface area contributed by atoms with E-state index >= 15 is 0 Å². The van der Waals surface area contributed by atoms with Crippen LogP contribution in [0.3, 0.4) is 0 Å². The number of aromatic nitrogens is 1. The molecule has 1 heterocycles. The number of hydrogen-bond donors (Lipinski definition) is 2. The molecule has 0 spiro atoms. The molecule has 1 aliphatic carbocycles. The summed E-state index contributed by atoms with van der Waals surface area (Å²) in [5.74, 6) is -0.165. The fourth-order valence-corrected chi connectivity index (χ4v) is 2.76. The Morgan fingerprint density at radius 2 is 2.05 bits per heavy atom. The lowest BCUT2D eigenvalue weighted by Gasteiger charge is -2.11. The fraction of sp³-hybridized carbons (Fsp3) is 0.400. The SMILES string of the molecule is Cc1[nH]c2ccccc2c1C(=O)NOC1CCCC1. The van der Waals surface area contributed by atoms with Crippen LogP contribution in [-0.2, 0) is 4.84 Å². The van der Waals surface area contributed by atoms with Gasteiger partial charge >= 0.3 is 0 Å². The molecular weight excluding hydrogens is 240 g/mol. The van der Waals surface area contributed by atoms with Gasteiger partial charge in [0.15, 0.2) is 0 Å². The molecule has 0 unspecified atom stereocenters. The van der Waals surface area contributed by atoms with E-state index < -0.39 is 0 Å². The van der Waals surface area contributed by atoms with Crippen molar-refractivity contribution in [1.29, 1.82) is 0 Å². The topological polar surface area (TPSA) is 54.1 Å². The van der Waals surface area contributed by atoms with Crippen LogP contribution in [0, 0.1) is 6.92 Å². The molecule has 1 aromatic carbocycles. The Hall–Kier alpha value is -1.81. The normalized spacial score (nSPS) is 16.1. The molecule has 0 radical (unpaired) electrons. The van der Waals surface area contributed by atoms with E-state index in [0.717, 1.165) is 29.4 Å². The minimum atomic E-state index is -0.165. The lowest BCUT2D eigenvalue weighted by Crippen LogP contribution is -2.28. The smallest absolute Gasteiger partial charge is 0.277 e. The van der Waals surface area contributed by atoms with Gasteiger partial charge in [-0.15, -0.1) is 0 Å². The van der Waals surface area contributed by atoms with Crippen molar-refractivity contribution in [1.82, 2.24) is 10.5 Å². The van der Waals surface area contributed by atoms with Gasteiger partial charge in [-0.3, -0.25) is 9.63 Å². The number of para-hydroxylation sites is 1. The average molecular weight is 258 g/mol. The number of aromatic amines is 1. The zero-order valence-electron chi connectivity index (χ0n) is 11.0. The first-order valence-electron chi connectivity index (χ1n) is 6.79. The molecule has 1 aliphatic rings. The second-order valence-corrected chi connectivity index (χ2v) is 5.13. The Labute approximate surface area is 112 Å². The number of rotatable bonds is 3. The minimum Gasteiger partial charge on any atom is -0.358 e. The van der Waals surface area contributed by atoms with Gasteiger partial charge in [0.1, 0.15) is 0 Å². The molecule has 100 valence electrons. The molecule has 0 atom stereocenters. The van der Waals surface area contributed by atoms with E-state index in [1.54, 1.807) is 0 Å². The van der Waals surface area contributed by atoms with Gasteiger partial charge in [-0.25, -0.2) is 5.48 Å². The molecule has 1 amide bonds. The maximum absolute atomic E-state index is 12.2. The monoisotopic (exact) mass is 258 g/mol. The molecule has 0 saturated heterocycles. The minimum absolute atomic E-state index is 0.165. The van der Waals surface area contributed by atoms with E-state index in [4.69, 9.17) is 4.84 Å². The standard InChI is InChI=1S/C15H18N2O2/c1-10-14(12-8-4-5-9-13(12)16-10)15(18)17-19-11-6-2-3-7-11/h4-5,8-9,11,16H,2-3,6-7H2,1H3,(H,17,18). The van der Waals surface area contributed by atoms with Crippen molar-refractivity contribution in [3.8, 4) is 0 Å². The van der Waals surface area contributed by atoms with E-state index in [-0.39, 0.29) is 12.0 Å². The van der Waals surface area contributed by atoms with Crippen LogP contribution in [0.15, 0.2) is 24.3 Å². The van der Waals surface area contributed by atoms with Crippen LogP contribution in [0.4, 0.5) is 0 Å². The summed E-state index contributed by atoms with van der Waals surface area (Å²) in [7, 11) is 0. The van der Waals surface area contributed by atoms with Crippen LogP contribution < -0.4 is 5.48 Å². The lowest BCUT2D eigenvalue weighted by molar-refractivity contribution is -0.0124. The number of hydrogen-bond acceptors (Lipinski definition) is 2. The second-order valence-electron chi connectivity index (χ2n) is 5.13. The highest BCUT2D eigenvalue weighted by molar-refractivity contribution is 6.07. The zero-order valence-corrected chi connectivity index (χ0v) is 11.0. The summed E-state index contributed by atoms with van der Waals surface area (Å²) >= 11 is 0. The molecule has 1 aromatic heterocycles. The number of carbonyl (C=O) groups is 1. The van der Waals surface area contributed by atoms with Gasteiger partial charge in [0.25, 0.3) is 5.91 Å². The largest absolute Gasteiger partial charge is 0.358 e. The third-order valence-electron chi connectivity index (χ3n) is 3.74. The third kappa shape index (κ3) is 2.36. The third-order valence-corrected chi connectivity index (χ3v) is 3.74. The average Bonchev–Trinajstić information content (AvgIpc) is 3.02. The molecule has 0 aliphatic heterocycles. The Kier molecular flexibility index (Phi) is 3.25. The highest BCUT2D eigenvalue weighted by Gasteiger charge is 2.20. The maximum atomic E-state index is 12.2. The molecule has 0 bridgehead atoms. The highest BCUT2D eigenvalue weighted by atomic mass is 16.7. The van der Waals surface area contributed by atoms with Gasteiger partial charge in [-0.2, -0.15) is 0 Å². The second kappa shape index (κ2) is 5.05. The molecule has 4 nitrogen and oxygen atoms in total. The summed E-state index contributed by atoms with van der Waals surface area (Å²) in [6, 6.07) is 7.81. The predicted octanol–water partition coefficient (Wildman–Crippen LogP) is 3.08. The quantitative estimate of drug-likeness (QED) is 0.831. The Bertz CT molecular complexity index is 597. The number of hydroxylamine groups is 1. The number of amides is 1. The summed E-state index contributed by atoms with van der Waals surface area (Å²) < 4.78 is 0. The van der Waals surface area contributed by atoms with E-state index in [1.165, 1.54) is 12.8 Å². The highest BCUT2D eigenvalue weighted by Crippen LogP contribution is 2.23. The van der Waals surface area contributed by atoms with Crippen LogP contribution in [0.5, 0.6) is 0 Å². The van der Waals surface area contributed by atoms with Gasteiger partial charge in [-0.05, 0) is 25.8 Å². The molecule has 2 N–H and O–H groups in total. The van der Waals surface area contributed by atoms with E-state index in [0.29, 0.717) is 5.56 Å². The van der Waals surface area contributed by atoms with Crippen molar-refractivity contribution in [2.24, 2.45) is 0 Å². The number of nitrogens with one attached hydrogen (secondary N) is 2. The van der Waals surface area contributed by atoms with Crippen molar-refractivity contribution in [2.75, 3.05) is 0 Å². The summed E-state index contributed by atoms with van der Waals surface area (Å²) in [6.07, 6.45) is 4.62. The van der Waals surface area contributed by atoms with Crippen molar-refractivity contribution in [3.63, 3.8) is 0 Å². The molecule has 3 rings (SSSR count). The number of benzene rings is 1. The molecule has 1 saturated carbocycles. The van der Waals surface area contributed by atoms with Crippen molar-refractivity contribution in [2.45, 2.75) is 38.7 Å². The van der Waals surface area contributed by atoms with Crippen molar-refractivity contribution in [3.05, 3.63) is 35.5 Å². The molecule has 2 aromatic rings. The number of H-pyrrole nitrogens is 1. The summed E-state index contributed by atoms with van der Waals surface area (Å²) in [5, 5.41) is 0.938. The summed E-state index contributed by atoms with van der Waals surface area (Å²) in [6.45, 7) is 1.91. The van der Waals surface area contributed by atoms with Crippen LogP contribution >= 0.6 is 0 Å². The predicted molar refractivity (Wildman–Crippen MR) is 73.8 cm³/mol. The van der Waals surface area contributed by atoms with Gasteiger partial charge in [0.2, 0.25) is 0 Å². The van der Waals surface area contributed by atoms with Crippen LogP contribution in [0.2, 0.25) is 0 Å². The number of aryl methyl sites for hydroxylation is 1. The molecule has 1 fully saturated rings. The fourth-order valence-electron chi connectivity index (χ4n) is 2.76. The van der Waals surface area contributed by atoms with Gasteiger partial charge < -0.3 is 4.98 Å². The Morgan fingerprint density at radius 1 is 1.32 bits per heavy atom. The van der Waals surface area contributed by atoms with Crippen LogP contribution in [0.25, 0.3) is 10.9 Å². The molecular formula is C15H18N2O2. The zero-order chi connectivity index (χ0) is 13.2. The summed E-state index contributed by atoms with van der Waals surface area (Å²) in [5.41, 5.74) is 5.12. The Balaban J connectivity index is 1.79.